The van der Waals surface area contributed by atoms with Gasteiger partial charge in [-0.05, 0) is 44.4 Å². The molecule has 0 saturated heterocycles. The summed E-state index contributed by atoms with van der Waals surface area (Å²) in [4.78, 5) is 4.60. The van der Waals surface area contributed by atoms with Gasteiger partial charge in [-0.25, -0.2) is 4.68 Å². The van der Waals surface area contributed by atoms with Gasteiger partial charge in [0.25, 0.3) is 0 Å². The number of aromatic nitrogens is 3. The van der Waals surface area contributed by atoms with Crippen LogP contribution in [0.5, 0.6) is 0 Å². The Balaban J connectivity index is 1.94. The van der Waals surface area contributed by atoms with Gasteiger partial charge in [-0.1, -0.05) is 23.8 Å². The zero-order valence-electron chi connectivity index (χ0n) is 12.8. The maximum Gasteiger partial charge on any atom is 0.221 e. The molecule has 1 aliphatic rings. The number of hydrogen-bond acceptors (Lipinski definition) is 4. The molecule has 0 spiro atoms. The molecule has 21 heavy (non-hydrogen) atoms. The fourth-order valence-electron chi connectivity index (χ4n) is 3.00. The molecule has 0 fully saturated rings. The van der Waals surface area contributed by atoms with Crippen LogP contribution in [0.25, 0.3) is 0 Å². The van der Waals surface area contributed by atoms with E-state index in [1.54, 1.807) is 0 Å². The zero-order valence-corrected chi connectivity index (χ0v) is 12.8. The number of nitrogens with one attached hydrogen (secondary N) is 1. The fourth-order valence-corrected chi connectivity index (χ4v) is 3.00. The van der Waals surface area contributed by atoms with E-state index >= 15 is 0 Å². The minimum absolute atomic E-state index is 0.279. The first kappa shape index (κ1) is 14.1. The Morgan fingerprint density at radius 2 is 2.24 bits per heavy atom. The topological polar surface area (TPSA) is 68.8 Å². The van der Waals surface area contributed by atoms with Crippen molar-refractivity contribution < 1.29 is 0 Å². The predicted octanol–water partition coefficient (Wildman–Crippen LogP) is 2.19. The minimum atomic E-state index is 0.279. The van der Waals surface area contributed by atoms with Gasteiger partial charge in [0.2, 0.25) is 5.95 Å². The number of nitrogens with zero attached hydrogens (tertiary/aromatic N) is 3. The Labute approximate surface area is 125 Å². The quantitative estimate of drug-likeness (QED) is 0.903. The maximum absolute atomic E-state index is 5.57. The van der Waals surface area contributed by atoms with E-state index in [4.69, 9.17) is 10.8 Å². The van der Waals surface area contributed by atoms with Crippen molar-refractivity contribution in [1.82, 2.24) is 14.8 Å². The molecular formula is C16H23N5. The standard InChI is InChI=1S/C16H23N5/c1-11-5-6-13(12(2)10-11)14-7-9-18-16-19-15(4-3-8-17)20-21(14)16/h5-6,10,14H,3-4,7-9,17H2,1-2H3,(H,18,19,20). The van der Waals surface area contributed by atoms with E-state index in [2.05, 4.69) is 42.3 Å². The summed E-state index contributed by atoms with van der Waals surface area (Å²) in [6.45, 7) is 5.92. The van der Waals surface area contributed by atoms with Gasteiger partial charge in [-0.15, -0.1) is 0 Å². The van der Waals surface area contributed by atoms with E-state index in [0.29, 0.717) is 6.54 Å². The minimum Gasteiger partial charge on any atom is -0.354 e. The van der Waals surface area contributed by atoms with Crippen LogP contribution in [0.4, 0.5) is 5.95 Å². The van der Waals surface area contributed by atoms with Crippen molar-refractivity contribution in [1.29, 1.82) is 0 Å². The van der Waals surface area contributed by atoms with Crippen molar-refractivity contribution in [3.63, 3.8) is 0 Å². The van der Waals surface area contributed by atoms with Gasteiger partial charge in [0, 0.05) is 13.0 Å². The second-order valence-corrected chi connectivity index (χ2v) is 5.78. The van der Waals surface area contributed by atoms with Crippen molar-refractivity contribution in [3.8, 4) is 0 Å². The molecule has 0 radical (unpaired) electrons. The number of hydrogen-bond donors (Lipinski definition) is 2. The Morgan fingerprint density at radius 3 is 3.00 bits per heavy atom. The molecule has 1 unspecified atom stereocenters. The van der Waals surface area contributed by atoms with E-state index in [1.165, 1.54) is 16.7 Å². The van der Waals surface area contributed by atoms with Gasteiger partial charge >= 0.3 is 0 Å². The van der Waals surface area contributed by atoms with Crippen LogP contribution >= 0.6 is 0 Å². The number of aryl methyl sites for hydroxylation is 3. The van der Waals surface area contributed by atoms with Crippen molar-refractivity contribution in [3.05, 3.63) is 40.7 Å². The summed E-state index contributed by atoms with van der Waals surface area (Å²) >= 11 is 0. The highest BCUT2D eigenvalue weighted by molar-refractivity contribution is 5.37. The molecule has 3 rings (SSSR count). The van der Waals surface area contributed by atoms with Gasteiger partial charge in [-0.2, -0.15) is 10.1 Å². The fraction of sp³-hybridized carbons (Fsp3) is 0.500. The molecule has 0 amide bonds. The molecule has 0 bridgehead atoms. The monoisotopic (exact) mass is 285 g/mol. The van der Waals surface area contributed by atoms with Crippen molar-refractivity contribution in [2.45, 2.75) is 39.2 Å². The molecule has 5 nitrogen and oxygen atoms in total. The number of nitrogens with two attached hydrogens (primary N) is 1. The molecule has 2 aromatic rings. The van der Waals surface area contributed by atoms with Crippen LogP contribution in [0.1, 0.15) is 41.4 Å². The number of anilines is 1. The Kier molecular flexibility index (Phi) is 3.92. The SMILES string of the molecule is Cc1ccc(C2CCNc3nc(CCCN)nn32)c(C)c1. The maximum atomic E-state index is 5.57. The van der Waals surface area contributed by atoms with Crippen LogP contribution in [-0.2, 0) is 6.42 Å². The third-order valence-corrected chi connectivity index (χ3v) is 4.06. The number of fused-ring (bicyclic) bond motifs is 1. The molecule has 0 saturated carbocycles. The third-order valence-electron chi connectivity index (χ3n) is 4.06. The molecule has 2 heterocycles. The largest absolute Gasteiger partial charge is 0.354 e. The summed E-state index contributed by atoms with van der Waals surface area (Å²) in [5.41, 5.74) is 9.54. The lowest BCUT2D eigenvalue weighted by Crippen LogP contribution is -2.25. The summed E-state index contributed by atoms with van der Waals surface area (Å²) < 4.78 is 2.05. The van der Waals surface area contributed by atoms with Crippen LogP contribution in [0, 0.1) is 13.8 Å². The van der Waals surface area contributed by atoms with Gasteiger partial charge in [0.05, 0.1) is 6.04 Å². The first-order valence-corrected chi connectivity index (χ1v) is 7.65. The normalized spacial score (nSPS) is 17.4. The van der Waals surface area contributed by atoms with E-state index in [9.17, 15) is 0 Å². The van der Waals surface area contributed by atoms with E-state index in [-0.39, 0.29) is 6.04 Å². The van der Waals surface area contributed by atoms with Crippen LogP contribution in [0.2, 0.25) is 0 Å². The summed E-state index contributed by atoms with van der Waals surface area (Å²) in [7, 11) is 0. The van der Waals surface area contributed by atoms with E-state index in [1.807, 2.05) is 4.68 Å². The van der Waals surface area contributed by atoms with Crippen molar-refractivity contribution in [2.24, 2.45) is 5.73 Å². The molecule has 1 aromatic carbocycles. The summed E-state index contributed by atoms with van der Waals surface area (Å²) in [5, 5.41) is 8.05. The molecule has 5 heteroatoms. The molecule has 112 valence electrons. The van der Waals surface area contributed by atoms with Crippen LogP contribution in [0.15, 0.2) is 18.2 Å². The van der Waals surface area contributed by atoms with Gasteiger partial charge in [0.15, 0.2) is 5.82 Å². The van der Waals surface area contributed by atoms with Crippen LogP contribution in [0.3, 0.4) is 0 Å². The van der Waals surface area contributed by atoms with E-state index in [0.717, 1.165) is 37.6 Å². The summed E-state index contributed by atoms with van der Waals surface area (Å²) in [6.07, 6.45) is 2.81. The summed E-state index contributed by atoms with van der Waals surface area (Å²) in [6, 6.07) is 6.92. The first-order chi connectivity index (χ1) is 10.2. The molecule has 3 N–H and O–H groups in total. The second-order valence-electron chi connectivity index (χ2n) is 5.78. The third kappa shape index (κ3) is 2.78. The summed E-state index contributed by atoms with van der Waals surface area (Å²) in [5.74, 6) is 1.78. The molecular weight excluding hydrogens is 262 g/mol. The second kappa shape index (κ2) is 5.85. The molecule has 0 aliphatic carbocycles. The number of benzene rings is 1. The predicted molar refractivity (Wildman–Crippen MR) is 84.6 cm³/mol. The average Bonchev–Trinajstić information content (AvgIpc) is 2.88. The Bertz CT molecular complexity index is 632. The average molecular weight is 285 g/mol. The molecule has 1 atom stereocenters. The molecule has 1 aromatic heterocycles. The van der Waals surface area contributed by atoms with Crippen LogP contribution < -0.4 is 11.1 Å². The molecule has 1 aliphatic heterocycles. The van der Waals surface area contributed by atoms with Gasteiger partial charge in [-0.3, -0.25) is 0 Å². The lowest BCUT2D eigenvalue weighted by molar-refractivity contribution is 0.475. The Hall–Kier alpha value is -1.88. The van der Waals surface area contributed by atoms with Crippen LogP contribution in [-0.4, -0.2) is 27.9 Å². The van der Waals surface area contributed by atoms with Gasteiger partial charge < -0.3 is 11.1 Å². The van der Waals surface area contributed by atoms with E-state index < -0.39 is 0 Å². The van der Waals surface area contributed by atoms with Crippen molar-refractivity contribution in [2.75, 3.05) is 18.4 Å². The first-order valence-electron chi connectivity index (χ1n) is 7.65. The highest BCUT2D eigenvalue weighted by atomic mass is 15.4. The lowest BCUT2D eigenvalue weighted by Gasteiger charge is -2.26. The highest BCUT2D eigenvalue weighted by Gasteiger charge is 2.25. The number of rotatable bonds is 4. The van der Waals surface area contributed by atoms with Gasteiger partial charge in [0.1, 0.15) is 0 Å². The smallest absolute Gasteiger partial charge is 0.221 e. The lowest BCUT2D eigenvalue weighted by atomic mass is 9.96. The highest BCUT2D eigenvalue weighted by Crippen LogP contribution is 2.30. The zero-order chi connectivity index (χ0) is 14.8. The Morgan fingerprint density at radius 1 is 1.38 bits per heavy atom. The van der Waals surface area contributed by atoms with Crippen molar-refractivity contribution >= 4 is 5.95 Å².